The van der Waals surface area contributed by atoms with Crippen LogP contribution in [0.25, 0.3) is 0 Å². The number of carboxylic acids is 1. The van der Waals surface area contributed by atoms with Crippen LogP contribution in [0.1, 0.15) is 19.8 Å². The van der Waals surface area contributed by atoms with Gasteiger partial charge in [0.05, 0.1) is 11.5 Å². The minimum atomic E-state index is -0.729. The molecule has 3 heteroatoms. The lowest BCUT2D eigenvalue weighted by Crippen LogP contribution is -2.52. The summed E-state index contributed by atoms with van der Waals surface area (Å²) in [4.78, 5) is 11.1. The molecule has 3 aliphatic rings. The molecule has 0 aromatic carbocycles. The lowest BCUT2D eigenvalue weighted by molar-refractivity contribution is -0.159. The molecule has 0 aromatic heterocycles. The van der Waals surface area contributed by atoms with Crippen LogP contribution in [-0.4, -0.2) is 23.8 Å². The van der Waals surface area contributed by atoms with Gasteiger partial charge in [-0.2, -0.15) is 0 Å². The van der Waals surface area contributed by atoms with Crippen LogP contribution in [0.3, 0.4) is 0 Å². The summed E-state index contributed by atoms with van der Waals surface area (Å²) >= 11 is 0. The first-order valence-corrected chi connectivity index (χ1v) is 5.06. The van der Waals surface area contributed by atoms with E-state index in [2.05, 4.69) is 13.0 Å². The zero-order chi connectivity index (χ0) is 10.3. The number of hydrogen-bond acceptors (Lipinski definition) is 2. The van der Waals surface area contributed by atoms with Crippen LogP contribution in [0, 0.1) is 17.8 Å². The molecule has 2 bridgehead atoms. The summed E-state index contributed by atoms with van der Waals surface area (Å²) in [5.74, 6) is -0.129. The Balaban J connectivity index is 2.34. The monoisotopic (exact) mass is 196 g/mol. The Kier molecular flexibility index (Phi) is 2.14. The zero-order valence-electron chi connectivity index (χ0n) is 8.56. The lowest BCUT2D eigenvalue weighted by Gasteiger charge is -2.48. The van der Waals surface area contributed by atoms with Gasteiger partial charge in [0.1, 0.15) is 0 Å². The molecule has 4 atom stereocenters. The molecule has 0 unspecified atom stereocenters. The van der Waals surface area contributed by atoms with Crippen LogP contribution < -0.4 is 0 Å². The number of methoxy groups -OCH3 is 1. The molecule has 1 saturated carbocycles. The van der Waals surface area contributed by atoms with Gasteiger partial charge in [-0.25, -0.2) is 0 Å². The molecule has 3 nitrogen and oxygen atoms in total. The number of rotatable bonds is 2. The van der Waals surface area contributed by atoms with Gasteiger partial charge in [-0.05, 0) is 24.7 Å². The summed E-state index contributed by atoms with van der Waals surface area (Å²) in [6.45, 7) is 2.17. The van der Waals surface area contributed by atoms with E-state index in [1.165, 1.54) is 0 Å². The Labute approximate surface area is 83.8 Å². The van der Waals surface area contributed by atoms with Crippen LogP contribution in [-0.2, 0) is 9.53 Å². The van der Waals surface area contributed by atoms with Crippen LogP contribution in [0.2, 0.25) is 0 Å². The van der Waals surface area contributed by atoms with Crippen molar-refractivity contribution in [2.75, 3.05) is 7.11 Å². The molecular weight excluding hydrogens is 180 g/mol. The Morgan fingerprint density at radius 1 is 1.64 bits per heavy atom. The maximum atomic E-state index is 11.1. The van der Waals surface area contributed by atoms with Gasteiger partial charge in [0.15, 0.2) is 0 Å². The Morgan fingerprint density at radius 3 is 2.86 bits per heavy atom. The molecule has 0 heterocycles. The SMILES string of the molecule is CO[C@]12C=C[C@H](C[C@@H]1C(=O)O)[C@@H](C)C2. The second kappa shape index (κ2) is 3.09. The van der Waals surface area contributed by atoms with Crippen molar-refractivity contribution in [2.45, 2.75) is 25.4 Å². The van der Waals surface area contributed by atoms with E-state index < -0.39 is 11.6 Å². The van der Waals surface area contributed by atoms with E-state index in [1.54, 1.807) is 7.11 Å². The molecule has 0 aliphatic heterocycles. The normalized spacial score (nSPS) is 45.4. The summed E-state index contributed by atoms with van der Waals surface area (Å²) in [5, 5.41) is 9.13. The number of ether oxygens (including phenoxy) is 1. The quantitative estimate of drug-likeness (QED) is 0.683. The zero-order valence-corrected chi connectivity index (χ0v) is 8.56. The fourth-order valence-corrected chi connectivity index (χ4v) is 2.84. The summed E-state index contributed by atoms with van der Waals surface area (Å²) in [5.41, 5.74) is -0.542. The average molecular weight is 196 g/mol. The van der Waals surface area contributed by atoms with Gasteiger partial charge in [-0.3, -0.25) is 4.79 Å². The van der Waals surface area contributed by atoms with E-state index in [0.29, 0.717) is 11.8 Å². The van der Waals surface area contributed by atoms with Gasteiger partial charge in [0.25, 0.3) is 0 Å². The second-order valence-corrected chi connectivity index (χ2v) is 4.49. The van der Waals surface area contributed by atoms with E-state index in [0.717, 1.165) is 12.8 Å². The molecule has 78 valence electrons. The topological polar surface area (TPSA) is 46.5 Å². The summed E-state index contributed by atoms with van der Waals surface area (Å²) in [6, 6.07) is 0. The third kappa shape index (κ3) is 1.19. The third-order valence-electron chi connectivity index (χ3n) is 3.77. The highest BCUT2D eigenvalue weighted by molar-refractivity contribution is 5.73. The van der Waals surface area contributed by atoms with Crippen molar-refractivity contribution in [3.63, 3.8) is 0 Å². The first-order valence-electron chi connectivity index (χ1n) is 5.06. The van der Waals surface area contributed by atoms with Crippen LogP contribution in [0.5, 0.6) is 0 Å². The number of allylic oxidation sites excluding steroid dienone is 1. The van der Waals surface area contributed by atoms with Crippen molar-refractivity contribution in [1.29, 1.82) is 0 Å². The van der Waals surface area contributed by atoms with E-state index >= 15 is 0 Å². The standard InChI is InChI=1S/C11H16O3/c1-7-6-11(14-2)4-3-8(7)5-9(11)10(12)13/h3-4,7-9H,5-6H2,1-2H3,(H,12,13)/t7-,8+,9+,11-/m0/s1. The van der Waals surface area contributed by atoms with Crippen molar-refractivity contribution < 1.29 is 14.6 Å². The lowest BCUT2D eigenvalue weighted by atomic mass is 9.61. The van der Waals surface area contributed by atoms with E-state index in [4.69, 9.17) is 9.84 Å². The summed E-state index contributed by atoms with van der Waals surface area (Å²) in [6.07, 6.45) is 5.64. The first kappa shape index (κ1) is 9.71. The highest BCUT2D eigenvalue weighted by Crippen LogP contribution is 2.48. The van der Waals surface area contributed by atoms with Gasteiger partial charge < -0.3 is 9.84 Å². The fourth-order valence-electron chi connectivity index (χ4n) is 2.84. The molecule has 1 fully saturated rings. The minimum absolute atomic E-state index is 0.362. The minimum Gasteiger partial charge on any atom is -0.481 e. The van der Waals surface area contributed by atoms with Crippen molar-refractivity contribution in [2.24, 2.45) is 17.8 Å². The summed E-state index contributed by atoms with van der Waals surface area (Å²) < 4.78 is 5.44. The van der Waals surface area contributed by atoms with Crippen molar-refractivity contribution in [1.82, 2.24) is 0 Å². The molecule has 0 amide bonds. The molecule has 14 heavy (non-hydrogen) atoms. The Hall–Kier alpha value is -0.830. The highest BCUT2D eigenvalue weighted by Gasteiger charge is 2.51. The number of carbonyl (C=O) groups is 1. The van der Waals surface area contributed by atoms with Crippen molar-refractivity contribution in [3.8, 4) is 0 Å². The first-order chi connectivity index (χ1) is 6.59. The average Bonchev–Trinajstić information content (AvgIpc) is 2.18. The van der Waals surface area contributed by atoms with Crippen LogP contribution in [0.4, 0.5) is 0 Å². The highest BCUT2D eigenvalue weighted by atomic mass is 16.5. The molecule has 1 N–H and O–H groups in total. The maximum Gasteiger partial charge on any atom is 0.309 e. The Morgan fingerprint density at radius 2 is 2.36 bits per heavy atom. The number of aliphatic carboxylic acids is 1. The van der Waals surface area contributed by atoms with Gasteiger partial charge in [-0.1, -0.05) is 19.1 Å². The van der Waals surface area contributed by atoms with E-state index in [-0.39, 0.29) is 5.92 Å². The molecule has 0 aromatic rings. The fraction of sp³-hybridized carbons (Fsp3) is 0.727. The molecular formula is C11H16O3. The Bertz CT molecular complexity index is 284. The third-order valence-corrected chi connectivity index (χ3v) is 3.77. The molecule has 0 radical (unpaired) electrons. The van der Waals surface area contributed by atoms with Gasteiger partial charge in [0, 0.05) is 7.11 Å². The largest absolute Gasteiger partial charge is 0.481 e. The van der Waals surface area contributed by atoms with E-state index in [1.807, 2.05) is 6.08 Å². The number of carboxylic acid groups (broad SMARTS) is 1. The molecule has 0 saturated heterocycles. The summed E-state index contributed by atoms with van der Waals surface area (Å²) in [7, 11) is 1.61. The number of fused-ring (bicyclic) bond motifs is 2. The molecule has 3 rings (SSSR count). The molecule has 0 spiro atoms. The predicted molar refractivity (Wildman–Crippen MR) is 51.9 cm³/mol. The van der Waals surface area contributed by atoms with E-state index in [9.17, 15) is 4.79 Å². The predicted octanol–water partition coefficient (Wildman–Crippen LogP) is 1.69. The van der Waals surface area contributed by atoms with Crippen LogP contribution >= 0.6 is 0 Å². The van der Waals surface area contributed by atoms with Gasteiger partial charge >= 0.3 is 5.97 Å². The number of hydrogen-bond donors (Lipinski definition) is 1. The van der Waals surface area contributed by atoms with Gasteiger partial charge in [0.2, 0.25) is 0 Å². The molecule has 3 aliphatic carbocycles. The van der Waals surface area contributed by atoms with Crippen molar-refractivity contribution in [3.05, 3.63) is 12.2 Å². The van der Waals surface area contributed by atoms with Crippen LogP contribution in [0.15, 0.2) is 12.2 Å². The van der Waals surface area contributed by atoms with Gasteiger partial charge in [-0.15, -0.1) is 0 Å². The maximum absolute atomic E-state index is 11.1. The smallest absolute Gasteiger partial charge is 0.309 e. The second-order valence-electron chi connectivity index (χ2n) is 4.49. The van der Waals surface area contributed by atoms with Crippen molar-refractivity contribution >= 4 is 5.97 Å².